The van der Waals surface area contributed by atoms with Gasteiger partial charge in [0.25, 0.3) is 0 Å². The maximum absolute atomic E-state index is 5.07. The molecule has 5 heteroatoms. The standard InChI is InChI=1S/C21H28N4S/c1-15-14-16-19(26-15)22-17-8-6-7-9-18(17)25(21(2,3)4)20(16)24-12-10-23(5)11-13-24/h6-9,14H,10-13H2,1-5H3. The summed E-state index contributed by atoms with van der Waals surface area (Å²) in [7, 11) is 2.21. The number of aryl methyl sites for hydroxylation is 1. The summed E-state index contributed by atoms with van der Waals surface area (Å²) in [5.74, 6) is 1.32. The number of likely N-dealkylation sites (N-methyl/N-ethyl adjacent to an activating group) is 1. The quantitative estimate of drug-likeness (QED) is 0.773. The Kier molecular flexibility index (Phi) is 4.32. The molecule has 0 saturated carbocycles. The molecule has 4 nitrogen and oxygen atoms in total. The third-order valence-electron chi connectivity index (χ3n) is 5.11. The number of thiophene rings is 1. The van der Waals surface area contributed by atoms with E-state index in [0.29, 0.717) is 0 Å². The van der Waals surface area contributed by atoms with Gasteiger partial charge >= 0.3 is 0 Å². The highest BCUT2D eigenvalue weighted by atomic mass is 32.1. The average molecular weight is 369 g/mol. The molecule has 3 heterocycles. The molecule has 1 aromatic carbocycles. The van der Waals surface area contributed by atoms with Crippen LogP contribution in [0.25, 0.3) is 5.82 Å². The number of piperazine rings is 1. The molecule has 4 rings (SSSR count). The molecule has 0 N–H and O–H groups in total. The molecule has 0 spiro atoms. The van der Waals surface area contributed by atoms with Crippen molar-refractivity contribution in [3.63, 3.8) is 0 Å². The Balaban J connectivity index is 2.01. The van der Waals surface area contributed by atoms with Crippen LogP contribution in [0.5, 0.6) is 0 Å². The van der Waals surface area contributed by atoms with E-state index in [0.717, 1.165) is 36.5 Å². The summed E-state index contributed by atoms with van der Waals surface area (Å²) in [5, 5.41) is 1.28. The highest BCUT2D eigenvalue weighted by Crippen LogP contribution is 2.38. The Morgan fingerprint density at radius 1 is 1.04 bits per heavy atom. The first-order chi connectivity index (χ1) is 12.3. The summed E-state index contributed by atoms with van der Waals surface area (Å²) in [4.78, 5) is 13.9. The lowest BCUT2D eigenvalue weighted by Crippen LogP contribution is -2.53. The normalized spacial score (nSPS) is 18.3. The number of hydrogen-bond acceptors (Lipinski definition) is 5. The Morgan fingerprint density at radius 3 is 2.42 bits per heavy atom. The Labute approximate surface area is 160 Å². The van der Waals surface area contributed by atoms with Gasteiger partial charge in [-0.15, -0.1) is 11.3 Å². The summed E-state index contributed by atoms with van der Waals surface area (Å²) in [6.07, 6.45) is 0. The van der Waals surface area contributed by atoms with Gasteiger partial charge in [-0.2, -0.15) is 0 Å². The molecule has 0 amide bonds. The molecule has 1 aromatic heterocycles. The molecule has 0 atom stereocenters. The maximum atomic E-state index is 5.07. The van der Waals surface area contributed by atoms with E-state index in [4.69, 9.17) is 4.99 Å². The third kappa shape index (κ3) is 3.03. The molecule has 1 saturated heterocycles. The fraction of sp³-hybridized carbons (Fsp3) is 0.476. The predicted molar refractivity (Wildman–Crippen MR) is 111 cm³/mol. The van der Waals surface area contributed by atoms with Crippen molar-refractivity contribution in [2.24, 2.45) is 4.99 Å². The van der Waals surface area contributed by atoms with Crippen molar-refractivity contribution in [1.82, 2.24) is 9.80 Å². The largest absolute Gasteiger partial charge is 0.355 e. The van der Waals surface area contributed by atoms with Crippen LogP contribution in [0, 0.1) is 6.92 Å². The molecule has 138 valence electrons. The van der Waals surface area contributed by atoms with Crippen LogP contribution in [-0.2, 0) is 0 Å². The van der Waals surface area contributed by atoms with Gasteiger partial charge in [-0.05, 0) is 52.9 Å². The topological polar surface area (TPSA) is 22.1 Å². The monoisotopic (exact) mass is 368 g/mol. The molecule has 2 aromatic rings. The minimum atomic E-state index is -0.0399. The Morgan fingerprint density at radius 2 is 1.73 bits per heavy atom. The van der Waals surface area contributed by atoms with Crippen LogP contribution in [0.4, 0.5) is 11.4 Å². The second-order valence-corrected chi connectivity index (χ2v) is 9.53. The minimum Gasteiger partial charge on any atom is -0.355 e. The molecule has 0 bridgehead atoms. The van der Waals surface area contributed by atoms with Crippen molar-refractivity contribution in [2.45, 2.75) is 33.2 Å². The first-order valence-corrected chi connectivity index (χ1v) is 10.2. The zero-order valence-electron chi connectivity index (χ0n) is 16.4. The maximum Gasteiger partial charge on any atom is 0.127 e. The Bertz CT molecular complexity index is 930. The van der Waals surface area contributed by atoms with Crippen LogP contribution in [0.3, 0.4) is 0 Å². The van der Waals surface area contributed by atoms with E-state index < -0.39 is 0 Å². The van der Waals surface area contributed by atoms with Gasteiger partial charge in [0.05, 0.1) is 16.6 Å². The zero-order chi connectivity index (χ0) is 18.5. The lowest BCUT2D eigenvalue weighted by atomic mass is 10.0. The fourth-order valence-electron chi connectivity index (χ4n) is 3.85. The van der Waals surface area contributed by atoms with Crippen molar-refractivity contribution in [3.05, 3.63) is 45.1 Å². The van der Waals surface area contributed by atoms with Crippen molar-refractivity contribution in [1.29, 1.82) is 0 Å². The number of hydrogen-bond donors (Lipinski definition) is 0. The molecule has 2 aliphatic rings. The van der Waals surface area contributed by atoms with Crippen molar-refractivity contribution >= 4 is 28.5 Å². The first-order valence-electron chi connectivity index (χ1n) is 9.37. The van der Waals surface area contributed by atoms with E-state index in [2.05, 4.69) is 79.8 Å². The minimum absolute atomic E-state index is 0.0399. The van der Waals surface area contributed by atoms with Gasteiger partial charge in [-0.3, -0.25) is 0 Å². The van der Waals surface area contributed by atoms with E-state index in [1.165, 1.54) is 21.6 Å². The number of benzene rings is 1. The average Bonchev–Trinajstić information content (AvgIpc) is 2.87. The number of fused-ring (bicyclic) bond motifs is 2. The van der Waals surface area contributed by atoms with Gasteiger partial charge in [-0.25, -0.2) is 4.99 Å². The Hall–Kier alpha value is -1.85. The highest BCUT2D eigenvalue weighted by molar-refractivity contribution is 7.09. The number of rotatable bonds is 1. The molecule has 0 radical (unpaired) electrons. The summed E-state index contributed by atoms with van der Waals surface area (Å²) in [6.45, 7) is 13.4. The van der Waals surface area contributed by atoms with E-state index in [-0.39, 0.29) is 5.54 Å². The number of anilines is 1. The van der Waals surface area contributed by atoms with Gasteiger partial charge in [0.2, 0.25) is 0 Å². The molecule has 1 fully saturated rings. The zero-order valence-corrected chi connectivity index (χ0v) is 17.2. The van der Waals surface area contributed by atoms with Crippen molar-refractivity contribution in [3.8, 4) is 0 Å². The van der Waals surface area contributed by atoms with Crippen LogP contribution in [0.2, 0.25) is 0 Å². The number of nitrogens with zero attached hydrogens (tertiary/aromatic N) is 4. The molecule has 2 aliphatic heterocycles. The second kappa shape index (κ2) is 6.39. The predicted octanol–water partition coefficient (Wildman–Crippen LogP) is 2.94. The van der Waals surface area contributed by atoms with Gasteiger partial charge < -0.3 is 14.7 Å². The summed E-state index contributed by atoms with van der Waals surface area (Å²) >= 11 is 1.80. The molecular weight excluding hydrogens is 340 g/mol. The van der Waals surface area contributed by atoms with Crippen LogP contribution in [0.15, 0.2) is 35.3 Å². The highest BCUT2D eigenvalue weighted by Gasteiger charge is 2.33. The summed E-state index contributed by atoms with van der Waals surface area (Å²) in [6, 6.07) is 10.9. The summed E-state index contributed by atoms with van der Waals surface area (Å²) in [5.41, 5.74) is 2.23. The van der Waals surface area contributed by atoms with Crippen LogP contribution in [0.1, 0.15) is 25.6 Å². The van der Waals surface area contributed by atoms with Gasteiger partial charge in [0.1, 0.15) is 10.5 Å². The third-order valence-corrected chi connectivity index (χ3v) is 6.05. The van der Waals surface area contributed by atoms with Crippen LogP contribution < -0.4 is 14.8 Å². The fourth-order valence-corrected chi connectivity index (χ4v) is 4.73. The van der Waals surface area contributed by atoms with Crippen LogP contribution in [-0.4, -0.2) is 48.6 Å². The van der Waals surface area contributed by atoms with E-state index in [1.807, 2.05) is 0 Å². The van der Waals surface area contributed by atoms with Crippen molar-refractivity contribution < 1.29 is 0 Å². The molecular formula is C21H28N4S. The smallest absolute Gasteiger partial charge is 0.127 e. The van der Waals surface area contributed by atoms with Gasteiger partial charge in [0.15, 0.2) is 0 Å². The van der Waals surface area contributed by atoms with Crippen LogP contribution >= 0.6 is 11.3 Å². The summed E-state index contributed by atoms with van der Waals surface area (Å²) < 4.78 is 1.13. The molecule has 26 heavy (non-hydrogen) atoms. The van der Waals surface area contributed by atoms with E-state index in [1.54, 1.807) is 11.3 Å². The van der Waals surface area contributed by atoms with Crippen molar-refractivity contribution in [2.75, 3.05) is 38.1 Å². The van der Waals surface area contributed by atoms with Gasteiger partial charge in [-0.1, -0.05) is 12.1 Å². The number of para-hydroxylation sites is 2. The second-order valence-electron chi connectivity index (χ2n) is 8.30. The van der Waals surface area contributed by atoms with E-state index in [9.17, 15) is 0 Å². The lowest BCUT2D eigenvalue weighted by molar-refractivity contribution is 0.201. The lowest BCUT2D eigenvalue weighted by Gasteiger charge is -2.45. The molecule has 0 aliphatic carbocycles. The first kappa shape index (κ1) is 17.6. The SMILES string of the molecule is Cc1cc2c(s1)=Nc1ccccc1N(C(C)(C)C)C=2N1CCN(C)CC1. The molecule has 0 unspecified atom stereocenters. The van der Waals surface area contributed by atoms with Gasteiger partial charge in [0, 0.05) is 36.6 Å². The van der Waals surface area contributed by atoms with E-state index >= 15 is 0 Å².